The number of carbonyl (C=O) groups is 3. The first-order valence-corrected chi connectivity index (χ1v) is 12.1. The van der Waals surface area contributed by atoms with Gasteiger partial charge in [-0.1, -0.05) is 61.9 Å². The third kappa shape index (κ3) is 5.08. The molecular formula is C27H32N2O5. The summed E-state index contributed by atoms with van der Waals surface area (Å²) in [7, 11) is 0. The molecule has 2 atom stereocenters. The van der Waals surface area contributed by atoms with Gasteiger partial charge in [0, 0.05) is 18.5 Å². The fourth-order valence-corrected chi connectivity index (χ4v) is 5.23. The van der Waals surface area contributed by atoms with Gasteiger partial charge < -0.3 is 20.1 Å². The Morgan fingerprint density at radius 1 is 1.06 bits per heavy atom. The van der Waals surface area contributed by atoms with E-state index in [1.54, 1.807) is 4.90 Å². The minimum atomic E-state index is -0.916. The van der Waals surface area contributed by atoms with E-state index in [9.17, 15) is 19.5 Å². The molecule has 2 N–H and O–H groups in total. The van der Waals surface area contributed by atoms with E-state index >= 15 is 0 Å². The van der Waals surface area contributed by atoms with Crippen LogP contribution in [0.15, 0.2) is 48.5 Å². The second-order valence-electron chi connectivity index (χ2n) is 9.09. The zero-order valence-corrected chi connectivity index (χ0v) is 19.5. The highest BCUT2D eigenvalue weighted by Gasteiger charge is 2.34. The standard InChI is InChI=1S/C27H32N2O5/c1-2-9-24(26(32)29-15-8-7-10-18(29)16-25(30)31)28-27(33)34-17-23-21-13-5-3-11-19(21)20-12-4-6-14-22(20)23/h3-6,11-14,18,23-24H,2,7-10,15-17H2,1H3,(H,28,33)(H,30,31). The molecule has 180 valence electrons. The molecule has 1 aliphatic heterocycles. The maximum absolute atomic E-state index is 13.3. The van der Waals surface area contributed by atoms with Crippen molar-refractivity contribution in [2.75, 3.05) is 13.2 Å². The number of piperidine rings is 1. The maximum Gasteiger partial charge on any atom is 0.407 e. The van der Waals surface area contributed by atoms with Crippen LogP contribution in [0.4, 0.5) is 4.79 Å². The largest absolute Gasteiger partial charge is 0.481 e. The monoisotopic (exact) mass is 464 g/mol. The van der Waals surface area contributed by atoms with Crippen molar-refractivity contribution >= 4 is 18.0 Å². The van der Waals surface area contributed by atoms with Crippen LogP contribution in [0, 0.1) is 0 Å². The average Bonchev–Trinajstić information content (AvgIpc) is 3.16. The van der Waals surface area contributed by atoms with Crippen molar-refractivity contribution in [1.82, 2.24) is 10.2 Å². The summed E-state index contributed by atoms with van der Waals surface area (Å²) >= 11 is 0. The van der Waals surface area contributed by atoms with Gasteiger partial charge in [0.15, 0.2) is 0 Å². The third-order valence-electron chi connectivity index (χ3n) is 6.83. The number of carboxylic acids is 1. The SMILES string of the molecule is CCCC(NC(=O)OCC1c2ccccc2-c2ccccc21)C(=O)N1CCCCC1CC(=O)O. The van der Waals surface area contributed by atoms with Crippen molar-refractivity contribution < 1.29 is 24.2 Å². The summed E-state index contributed by atoms with van der Waals surface area (Å²) in [5.41, 5.74) is 4.56. The Labute approximate surface area is 200 Å². The van der Waals surface area contributed by atoms with Gasteiger partial charge in [0.1, 0.15) is 12.6 Å². The summed E-state index contributed by atoms with van der Waals surface area (Å²) in [6.45, 7) is 2.65. The van der Waals surface area contributed by atoms with Crippen LogP contribution >= 0.6 is 0 Å². The molecule has 0 bridgehead atoms. The van der Waals surface area contributed by atoms with E-state index in [4.69, 9.17) is 4.74 Å². The molecule has 1 aliphatic carbocycles. The number of nitrogens with zero attached hydrogens (tertiary/aromatic N) is 1. The van der Waals surface area contributed by atoms with Gasteiger partial charge in [0.05, 0.1) is 6.42 Å². The van der Waals surface area contributed by atoms with Crippen molar-refractivity contribution in [2.45, 2.75) is 63.5 Å². The summed E-state index contributed by atoms with van der Waals surface area (Å²) in [6, 6.07) is 15.2. The average molecular weight is 465 g/mol. The Morgan fingerprint density at radius 3 is 2.32 bits per heavy atom. The second-order valence-corrected chi connectivity index (χ2v) is 9.09. The molecule has 4 rings (SSSR count). The van der Waals surface area contributed by atoms with Gasteiger partial charge in [-0.3, -0.25) is 9.59 Å². The van der Waals surface area contributed by atoms with Crippen molar-refractivity contribution in [3.63, 3.8) is 0 Å². The van der Waals surface area contributed by atoms with Crippen LogP contribution < -0.4 is 5.32 Å². The molecule has 0 aromatic heterocycles. The Kier molecular flexibility index (Phi) is 7.50. The predicted octanol–water partition coefficient (Wildman–Crippen LogP) is 4.55. The van der Waals surface area contributed by atoms with E-state index in [1.165, 1.54) is 0 Å². The van der Waals surface area contributed by atoms with Crippen LogP contribution in [0.2, 0.25) is 0 Å². The van der Waals surface area contributed by atoms with E-state index in [1.807, 2.05) is 31.2 Å². The molecule has 2 aliphatic rings. The van der Waals surface area contributed by atoms with Gasteiger partial charge in [-0.25, -0.2) is 4.79 Å². The minimum Gasteiger partial charge on any atom is -0.481 e. The molecule has 1 fully saturated rings. The van der Waals surface area contributed by atoms with Crippen molar-refractivity contribution in [2.24, 2.45) is 0 Å². The molecular weight excluding hydrogens is 432 g/mol. The van der Waals surface area contributed by atoms with E-state index in [0.29, 0.717) is 25.8 Å². The van der Waals surface area contributed by atoms with Gasteiger partial charge in [0.2, 0.25) is 5.91 Å². The van der Waals surface area contributed by atoms with Crippen molar-refractivity contribution in [3.8, 4) is 11.1 Å². The molecule has 34 heavy (non-hydrogen) atoms. The number of likely N-dealkylation sites (tertiary alicyclic amines) is 1. The molecule has 0 saturated carbocycles. The van der Waals surface area contributed by atoms with Crippen molar-refractivity contribution in [3.05, 3.63) is 59.7 Å². The predicted molar refractivity (Wildman–Crippen MR) is 129 cm³/mol. The summed E-state index contributed by atoms with van der Waals surface area (Å²) in [5.74, 6) is -1.19. The van der Waals surface area contributed by atoms with Crippen LogP contribution in [0.25, 0.3) is 11.1 Å². The van der Waals surface area contributed by atoms with Crippen LogP contribution in [-0.2, 0) is 14.3 Å². The first-order valence-electron chi connectivity index (χ1n) is 12.1. The van der Waals surface area contributed by atoms with Gasteiger partial charge in [0.25, 0.3) is 0 Å². The number of carboxylic acid groups (broad SMARTS) is 1. The summed E-state index contributed by atoms with van der Waals surface area (Å²) < 4.78 is 5.63. The van der Waals surface area contributed by atoms with Gasteiger partial charge >= 0.3 is 12.1 Å². The van der Waals surface area contributed by atoms with Crippen LogP contribution in [0.5, 0.6) is 0 Å². The molecule has 1 saturated heterocycles. The smallest absolute Gasteiger partial charge is 0.407 e. The second kappa shape index (κ2) is 10.7. The Morgan fingerprint density at radius 2 is 1.71 bits per heavy atom. The van der Waals surface area contributed by atoms with Gasteiger partial charge in [-0.05, 0) is 47.9 Å². The number of hydrogen-bond acceptors (Lipinski definition) is 4. The quantitative estimate of drug-likeness (QED) is 0.598. The molecule has 1 heterocycles. The van der Waals surface area contributed by atoms with Crippen LogP contribution in [0.1, 0.15) is 62.5 Å². The van der Waals surface area contributed by atoms with Gasteiger partial charge in [-0.15, -0.1) is 0 Å². The lowest BCUT2D eigenvalue weighted by Gasteiger charge is -2.37. The first kappa shape index (κ1) is 23.8. The number of fused-ring (bicyclic) bond motifs is 3. The zero-order chi connectivity index (χ0) is 24.1. The lowest BCUT2D eigenvalue weighted by molar-refractivity contribution is -0.143. The third-order valence-corrected chi connectivity index (χ3v) is 6.83. The molecule has 2 aromatic carbocycles. The Hall–Kier alpha value is -3.35. The normalized spacial score (nSPS) is 18.0. The molecule has 7 nitrogen and oxygen atoms in total. The highest BCUT2D eigenvalue weighted by Crippen LogP contribution is 2.44. The summed E-state index contributed by atoms with van der Waals surface area (Å²) in [4.78, 5) is 38.9. The molecule has 2 aromatic rings. The lowest BCUT2D eigenvalue weighted by Crippen LogP contribution is -2.54. The summed E-state index contributed by atoms with van der Waals surface area (Å²) in [5, 5.41) is 12.0. The van der Waals surface area contributed by atoms with Gasteiger partial charge in [-0.2, -0.15) is 0 Å². The highest BCUT2D eigenvalue weighted by atomic mass is 16.5. The number of carbonyl (C=O) groups excluding carboxylic acids is 2. The highest BCUT2D eigenvalue weighted by molar-refractivity contribution is 5.86. The number of rotatable bonds is 8. The number of nitrogens with one attached hydrogen (secondary N) is 1. The fraction of sp³-hybridized carbons (Fsp3) is 0.444. The maximum atomic E-state index is 13.3. The number of benzene rings is 2. The fourth-order valence-electron chi connectivity index (χ4n) is 5.23. The molecule has 2 amide bonds. The minimum absolute atomic E-state index is 0.0551. The molecule has 2 unspecified atom stereocenters. The van der Waals surface area contributed by atoms with E-state index in [0.717, 1.165) is 35.1 Å². The number of aliphatic carboxylic acids is 1. The first-order chi connectivity index (χ1) is 16.5. The topological polar surface area (TPSA) is 95.9 Å². The Balaban J connectivity index is 1.42. The summed E-state index contributed by atoms with van der Waals surface area (Å²) in [6.07, 6.45) is 2.89. The number of alkyl carbamates (subject to hydrolysis) is 1. The van der Waals surface area contributed by atoms with E-state index < -0.39 is 18.1 Å². The van der Waals surface area contributed by atoms with E-state index in [-0.39, 0.29) is 30.9 Å². The van der Waals surface area contributed by atoms with Crippen LogP contribution in [0.3, 0.4) is 0 Å². The number of amides is 2. The Bertz CT molecular complexity index is 1010. The number of hydrogen-bond donors (Lipinski definition) is 2. The molecule has 0 spiro atoms. The van der Waals surface area contributed by atoms with E-state index in [2.05, 4.69) is 29.6 Å². The molecule has 0 radical (unpaired) electrons. The lowest BCUT2D eigenvalue weighted by atomic mass is 9.97. The van der Waals surface area contributed by atoms with Crippen LogP contribution in [-0.4, -0.2) is 53.2 Å². The zero-order valence-electron chi connectivity index (χ0n) is 19.5. The molecule has 7 heteroatoms. The number of ether oxygens (including phenoxy) is 1. The van der Waals surface area contributed by atoms with Crippen molar-refractivity contribution in [1.29, 1.82) is 0 Å².